The molecule has 0 N–H and O–H groups in total. The normalized spacial score (nSPS) is 17.0. The van der Waals surface area contributed by atoms with E-state index in [1.165, 1.54) is 23.2 Å². The van der Waals surface area contributed by atoms with Crippen LogP contribution in [0.25, 0.3) is 28.0 Å². The SMILES string of the molecule is Cc1nn2c(-c3ccnc4c3CCC4)cnc2cc1-c1cnn(C2CCOCC2)c1. The topological polar surface area (TPSA) is 70.1 Å². The van der Waals surface area contributed by atoms with Crippen molar-refractivity contribution < 1.29 is 4.74 Å². The number of fused-ring (bicyclic) bond motifs is 2. The Kier molecular flexibility index (Phi) is 4.16. The van der Waals surface area contributed by atoms with Crippen LogP contribution in [0, 0.1) is 6.92 Å². The van der Waals surface area contributed by atoms with E-state index < -0.39 is 0 Å². The molecule has 7 nitrogen and oxygen atoms in total. The molecular weight excluding hydrogens is 376 g/mol. The average molecular weight is 400 g/mol. The Balaban J connectivity index is 1.40. The smallest absolute Gasteiger partial charge is 0.154 e. The van der Waals surface area contributed by atoms with Gasteiger partial charge in [-0.25, -0.2) is 9.50 Å². The van der Waals surface area contributed by atoms with E-state index in [1.54, 1.807) is 0 Å². The maximum Gasteiger partial charge on any atom is 0.154 e. The number of aromatic nitrogens is 6. The highest BCUT2D eigenvalue weighted by Gasteiger charge is 2.21. The van der Waals surface area contributed by atoms with E-state index in [2.05, 4.69) is 45.0 Å². The van der Waals surface area contributed by atoms with Crippen LogP contribution in [0.2, 0.25) is 0 Å². The van der Waals surface area contributed by atoms with Gasteiger partial charge in [-0.2, -0.15) is 10.2 Å². The summed E-state index contributed by atoms with van der Waals surface area (Å²) in [5, 5.41) is 9.54. The van der Waals surface area contributed by atoms with Crippen LogP contribution in [-0.2, 0) is 17.6 Å². The largest absolute Gasteiger partial charge is 0.381 e. The van der Waals surface area contributed by atoms with E-state index in [1.807, 2.05) is 23.1 Å². The van der Waals surface area contributed by atoms with Gasteiger partial charge in [0, 0.05) is 48.0 Å². The minimum atomic E-state index is 0.413. The summed E-state index contributed by atoms with van der Waals surface area (Å²) in [5.74, 6) is 0. The average Bonchev–Trinajstić information content (AvgIpc) is 3.52. The number of imidazole rings is 1. The van der Waals surface area contributed by atoms with Crippen LogP contribution >= 0.6 is 0 Å². The number of aryl methyl sites for hydroxylation is 2. The maximum atomic E-state index is 5.48. The Hall–Kier alpha value is -3.06. The molecule has 5 heterocycles. The Morgan fingerprint density at radius 1 is 1.07 bits per heavy atom. The van der Waals surface area contributed by atoms with E-state index in [-0.39, 0.29) is 0 Å². The molecule has 1 saturated heterocycles. The molecule has 7 heteroatoms. The van der Waals surface area contributed by atoms with Gasteiger partial charge in [-0.05, 0) is 56.7 Å². The van der Waals surface area contributed by atoms with Crippen molar-refractivity contribution in [3.8, 4) is 22.4 Å². The highest BCUT2D eigenvalue weighted by atomic mass is 16.5. The molecule has 4 aromatic heterocycles. The number of rotatable bonds is 3. The molecule has 0 unspecified atom stereocenters. The van der Waals surface area contributed by atoms with E-state index in [0.29, 0.717) is 6.04 Å². The lowest BCUT2D eigenvalue weighted by Crippen LogP contribution is -2.19. The molecule has 0 bridgehead atoms. The molecule has 2 aliphatic rings. The van der Waals surface area contributed by atoms with E-state index in [0.717, 1.165) is 67.1 Å². The quantitative estimate of drug-likeness (QED) is 0.523. The highest BCUT2D eigenvalue weighted by Crippen LogP contribution is 2.32. The molecule has 4 aromatic rings. The molecule has 152 valence electrons. The Morgan fingerprint density at radius 3 is 2.87 bits per heavy atom. The minimum absolute atomic E-state index is 0.413. The summed E-state index contributed by atoms with van der Waals surface area (Å²) in [6.07, 6.45) is 13.3. The lowest BCUT2D eigenvalue weighted by atomic mass is 10.1. The zero-order chi connectivity index (χ0) is 20.1. The molecule has 6 rings (SSSR count). The van der Waals surface area contributed by atoms with Gasteiger partial charge in [0.25, 0.3) is 0 Å². The van der Waals surface area contributed by atoms with Crippen LogP contribution in [0.3, 0.4) is 0 Å². The zero-order valence-corrected chi connectivity index (χ0v) is 17.1. The van der Waals surface area contributed by atoms with Crippen molar-refractivity contribution in [3.05, 3.63) is 53.9 Å². The predicted molar refractivity (Wildman–Crippen MR) is 113 cm³/mol. The summed E-state index contributed by atoms with van der Waals surface area (Å²) in [7, 11) is 0. The second-order valence-electron chi connectivity index (χ2n) is 8.25. The second-order valence-corrected chi connectivity index (χ2v) is 8.25. The van der Waals surface area contributed by atoms with Crippen molar-refractivity contribution in [1.82, 2.24) is 29.4 Å². The van der Waals surface area contributed by atoms with Crippen molar-refractivity contribution in [2.75, 3.05) is 13.2 Å². The first-order valence-electron chi connectivity index (χ1n) is 10.7. The molecule has 0 saturated carbocycles. The summed E-state index contributed by atoms with van der Waals surface area (Å²) in [4.78, 5) is 9.24. The number of hydrogen-bond acceptors (Lipinski definition) is 5. The summed E-state index contributed by atoms with van der Waals surface area (Å²) >= 11 is 0. The van der Waals surface area contributed by atoms with Crippen molar-refractivity contribution in [2.24, 2.45) is 0 Å². The Morgan fingerprint density at radius 2 is 1.97 bits per heavy atom. The third kappa shape index (κ3) is 2.84. The fraction of sp³-hybridized carbons (Fsp3) is 0.391. The van der Waals surface area contributed by atoms with Gasteiger partial charge in [0.1, 0.15) is 0 Å². The van der Waals surface area contributed by atoms with Crippen LogP contribution in [0.15, 0.2) is 36.9 Å². The van der Waals surface area contributed by atoms with Gasteiger partial charge >= 0.3 is 0 Å². The molecule has 1 fully saturated rings. The molecule has 0 spiro atoms. The lowest BCUT2D eigenvalue weighted by molar-refractivity contribution is 0.0662. The number of hydrogen-bond donors (Lipinski definition) is 0. The van der Waals surface area contributed by atoms with E-state index >= 15 is 0 Å². The van der Waals surface area contributed by atoms with E-state index in [9.17, 15) is 0 Å². The van der Waals surface area contributed by atoms with Gasteiger partial charge in [-0.15, -0.1) is 0 Å². The van der Waals surface area contributed by atoms with Crippen molar-refractivity contribution >= 4 is 5.65 Å². The molecule has 1 aliphatic carbocycles. The number of nitrogens with zero attached hydrogens (tertiary/aromatic N) is 6. The number of pyridine rings is 1. The monoisotopic (exact) mass is 400 g/mol. The lowest BCUT2D eigenvalue weighted by Gasteiger charge is -2.22. The molecule has 30 heavy (non-hydrogen) atoms. The Labute approximate surface area is 174 Å². The van der Waals surface area contributed by atoms with Gasteiger partial charge in [-0.1, -0.05) is 0 Å². The van der Waals surface area contributed by atoms with Crippen molar-refractivity contribution in [3.63, 3.8) is 0 Å². The van der Waals surface area contributed by atoms with Crippen molar-refractivity contribution in [2.45, 2.75) is 45.1 Å². The van der Waals surface area contributed by atoms with Crippen LogP contribution in [-0.4, -0.2) is 42.6 Å². The van der Waals surface area contributed by atoms with Gasteiger partial charge in [0.05, 0.1) is 29.8 Å². The zero-order valence-electron chi connectivity index (χ0n) is 17.1. The molecule has 0 atom stereocenters. The predicted octanol–water partition coefficient (Wildman–Crippen LogP) is 3.80. The molecule has 1 aliphatic heterocycles. The van der Waals surface area contributed by atoms with Gasteiger partial charge < -0.3 is 4.74 Å². The second kappa shape index (κ2) is 7.02. The first-order valence-corrected chi connectivity index (χ1v) is 10.7. The first-order chi connectivity index (χ1) is 14.8. The number of ether oxygens (including phenoxy) is 1. The third-order valence-electron chi connectivity index (χ3n) is 6.42. The molecule has 0 radical (unpaired) electrons. The summed E-state index contributed by atoms with van der Waals surface area (Å²) < 4.78 is 9.53. The van der Waals surface area contributed by atoms with Crippen LogP contribution < -0.4 is 0 Å². The maximum absolute atomic E-state index is 5.48. The fourth-order valence-electron chi connectivity index (χ4n) is 4.81. The van der Waals surface area contributed by atoms with Gasteiger partial charge in [-0.3, -0.25) is 9.67 Å². The van der Waals surface area contributed by atoms with E-state index in [4.69, 9.17) is 9.84 Å². The van der Waals surface area contributed by atoms with Crippen LogP contribution in [0.5, 0.6) is 0 Å². The van der Waals surface area contributed by atoms with Gasteiger partial charge in [0.2, 0.25) is 0 Å². The fourth-order valence-corrected chi connectivity index (χ4v) is 4.81. The summed E-state index contributed by atoms with van der Waals surface area (Å²) in [6.45, 7) is 3.67. The Bertz CT molecular complexity index is 1230. The highest BCUT2D eigenvalue weighted by molar-refractivity contribution is 5.72. The summed E-state index contributed by atoms with van der Waals surface area (Å²) in [6, 6.07) is 4.63. The molecular formula is C23H24N6O. The molecule has 0 amide bonds. The molecule has 0 aromatic carbocycles. The van der Waals surface area contributed by atoms with Crippen LogP contribution in [0.1, 0.15) is 42.3 Å². The summed E-state index contributed by atoms with van der Waals surface area (Å²) in [5.41, 5.74) is 8.81. The van der Waals surface area contributed by atoms with Crippen molar-refractivity contribution in [1.29, 1.82) is 0 Å². The van der Waals surface area contributed by atoms with Crippen LogP contribution in [0.4, 0.5) is 0 Å². The first kappa shape index (κ1) is 17.8. The third-order valence-corrected chi connectivity index (χ3v) is 6.42. The minimum Gasteiger partial charge on any atom is -0.381 e. The standard InChI is InChI=1S/C23H24N6O/c1-15-20(16-12-26-28(14-16)17-6-9-30-10-7-17)11-23-25-13-22(29(23)27-15)19-5-8-24-21-4-2-3-18(19)21/h5,8,11-14,17H,2-4,6-7,9-10H2,1H3. The van der Waals surface area contributed by atoms with Gasteiger partial charge in [0.15, 0.2) is 5.65 Å².